The van der Waals surface area contributed by atoms with Crippen molar-refractivity contribution >= 4 is 23.5 Å². The van der Waals surface area contributed by atoms with Crippen molar-refractivity contribution < 1.29 is 23.2 Å². The van der Waals surface area contributed by atoms with Gasteiger partial charge in [-0.05, 0) is 62.2 Å². The maximum absolute atomic E-state index is 14.2. The average Bonchev–Trinajstić information content (AvgIpc) is 2.80. The van der Waals surface area contributed by atoms with Crippen molar-refractivity contribution in [2.45, 2.75) is 26.3 Å². The predicted octanol–water partition coefficient (Wildman–Crippen LogP) is 2.99. The summed E-state index contributed by atoms with van der Waals surface area (Å²) in [5.41, 5.74) is 0.319. The first-order valence-electron chi connectivity index (χ1n) is 8.58. The molecule has 1 heterocycles. The van der Waals surface area contributed by atoms with Crippen LogP contribution in [0.4, 0.5) is 19.3 Å². The molecule has 0 radical (unpaired) electrons. The highest BCUT2D eigenvalue weighted by Crippen LogP contribution is 2.31. The zero-order chi connectivity index (χ0) is 20.6. The number of hydrogen-bond donors (Lipinski definition) is 2. The number of hydrogen-bond acceptors (Lipinski definition) is 3. The Morgan fingerprint density at radius 3 is 2.39 bits per heavy atom. The largest absolute Gasteiger partial charge is 0.325 e. The van der Waals surface area contributed by atoms with Crippen molar-refractivity contribution in [2.75, 3.05) is 11.9 Å². The molecule has 8 heteroatoms. The van der Waals surface area contributed by atoms with E-state index in [9.17, 15) is 23.2 Å². The van der Waals surface area contributed by atoms with Crippen LogP contribution in [-0.2, 0) is 15.1 Å². The molecule has 0 saturated carbocycles. The van der Waals surface area contributed by atoms with Crippen LogP contribution in [0.5, 0.6) is 0 Å². The summed E-state index contributed by atoms with van der Waals surface area (Å²) in [5.74, 6) is -3.00. The third kappa shape index (κ3) is 3.58. The van der Waals surface area contributed by atoms with Crippen LogP contribution in [0, 0.1) is 25.5 Å². The lowest BCUT2D eigenvalue weighted by Gasteiger charge is -2.22. The predicted molar refractivity (Wildman–Crippen MR) is 98.5 cm³/mol. The first-order chi connectivity index (χ1) is 13.1. The van der Waals surface area contributed by atoms with Gasteiger partial charge in [-0.1, -0.05) is 6.07 Å². The van der Waals surface area contributed by atoms with Crippen LogP contribution in [0.3, 0.4) is 0 Å². The van der Waals surface area contributed by atoms with E-state index >= 15 is 0 Å². The maximum Gasteiger partial charge on any atom is 0.325 e. The molecule has 1 aliphatic heterocycles. The van der Waals surface area contributed by atoms with E-state index in [1.807, 2.05) is 19.9 Å². The van der Waals surface area contributed by atoms with Gasteiger partial charge in [-0.2, -0.15) is 0 Å². The van der Waals surface area contributed by atoms with Crippen molar-refractivity contribution in [2.24, 2.45) is 0 Å². The van der Waals surface area contributed by atoms with Gasteiger partial charge in [0.05, 0.1) is 0 Å². The first-order valence-corrected chi connectivity index (χ1v) is 8.58. The van der Waals surface area contributed by atoms with Gasteiger partial charge in [-0.15, -0.1) is 0 Å². The lowest BCUT2D eigenvalue weighted by atomic mass is 9.91. The highest BCUT2D eigenvalue weighted by Gasteiger charge is 2.50. The molecule has 1 aliphatic rings. The van der Waals surface area contributed by atoms with E-state index in [0.29, 0.717) is 10.6 Å². The fraction of sp³-hybridized carbons (Fsp3) is 0.250. The number of benzene rings is 2. The number of nitrogens with zero attached hydrogens (tertiary/aromatic N) is 1. The second-order valence-corrected chi connectivity index (χ2v) is 7.00. The number of nitrogens with one attached hydrogen (secondary N) is 2. The Kier molecular flexibility index (Phi) is 4.89. The highest BCUT2D eigenvalue weighted by atomic mass is 19.1. The molecule has 0 unspecified atom stereocenters. The topological polar surface area (TPSA) is 78.5 Å². The van der Waals surface area contributed by atoms with Crippen molar-refractivity contribution in [3.63, 3.8) is 0 Å². The molecule has 2 aromatic rings. The summed E-state index contributed by atoms with van der Waals surface area (Å²) in [7, 11) is 0. The molecular weight excluding hydrogens is 368 g/mol. The molecule has 0 aromatic heterocycles. The van der Waals surface area contributed by atoms with Crippen LogP contribution in [0.2, 0.25) is 0 Å². The fourth-order valence-electron chi connectivity index (χ4n) is 3.29. The Balaban J connectivity index is 1.80. The standard InChI is InChI=1S/C20H19F2N3O3/c1-11-6-12(2)8-14(7-11)23-17(26)10-25-18(27)20(3,24-19(25)28)15-9-13(21)4-5-16(15)22/h4-9H,10H2,1-3H3,(H,23,26)(H,24,28)/t20-/m0/s1. The molecule has 2 aromatic carbocycles. The molecule has 0 bridgehead atoms. The van der Waals surface area contributed by atoms with Crippen LogP contribution in [0.25, 0.3) is 0 Å². The van der Waals surface area contributed by atoms with Gasteiger partial charge < -0.3 is 10.6 Å². The number of imide groups is 1. The second-order valence-electron chi connectivity index (χ2n) is 7.00. The smallest absolute Gasteiger partial charge is 0.325 e. The lowest BCUT2D eigenvalue weighted by molar-refractivity contribution is -0.133. The normalized spacial score (nSPS) is 19.0. The molecule has 3 rings (SSSR count). The second kappa shape index (κ2) is 7.03. The number of anilines is 1. The van der Waals surface area contributed by atoms with Gasteiger partial charge in [0.25, 0.3) is 5.91 Å². The van der Waals surface area contributed by atoms with Crippen LogP contribution in [0.1, 0.15) is 23.6 Å². The molecule has 0 aliphatic carbocycles. The van der Waals surface area contributed by atoms with Crippen LogP contribution in [-0.4, -0.2) is 29.3 Å². The van der Waals surface area contributed by atoms with Gasteiger partial charge in [0, 0.05) is 11.3 Å². The van der Waals surface area contributed by atoms with Crippen molar-refractivity contribution in [1.82, 2.24) is 10.2 Å². The number of amides is 4. The molecule has 1 atom stereocenters. The van der Waals surface area contributed by atoms with Gasteiger partial charge in [0.2, 0.25) is 5.91 Å². The molecule has 0 spiro atoms. The zero-order valence-corrected chi connectivity index (χ0v) is 15.6. The molecular formula is C20H19F2N3O3. The van der Waals surface area contributed by atoms with Gasteiger partial charge in [-0.25, -0.2) is 13.6 Å². The highest BCUT2D eigenvalue weighted by molar-refractivity contribution is 6.10. The zero-order valence-electron chi connectivity index (χ0n) is 15.6. The molecule has 4 amide bonds. The van der Waals surface area contributed by atoms with Crippen LogP contribution in [0.15, 0.2) is 36.4 Å². The number of urea groups is 1. The molecule has 1 saturated heterocycles. The summed E-state index contributed by atoms with van der Waals surface area (Å²) in [4.78, 5) is 38.0. The maximum atomic E-state index is 14.2. The average molecular weight is 387 g/mol. The van der Waals surface area contributed by atoms with Crippen molar-refractivity contribution in [3.05, 3.63) is 64.7 Å². The Morgan fingerprint density at radius 1 is 1.11 bits per heavy atom. The van der Waals surface area contributed by atoms with Gasteiger partial charge >= 0.3 is 6.03 Å². The van der Waals surface area contributed by atoms with Crippen molar-refractivity contribution in [1.29, 1.82) is 0 Å². The minimum atomic E-state index is -1.80. The summed E-state index contributed by atoms with van der Waals surface area (Å²) in [6.45, 7) is 4.47. The minimum absolute atomic E-state index is 0.303. The van der Waals surface area contributed by atoms with Crippen molar-refractivity contribution in [3.8, 4) is 0 Å². The van der Waals surface area contributed by atoms with E-state index in [4.69, 9.17) is 0 Å². The number of carbonyl (C=O) groups excluding carboxylic acids is 3. The molecule has 146 valence electrons. The third-order valence-corrected chi connectivity index (χ3v) is 4.55. The Hall–Kier alpha value is -3.29. The minimum Gasteiger partial charge on any atom is -0.325 e. The van der Waals surface area contributed by atoms with E-state index in [0.717, 1.165) is 29.3 Å². The van der Waals surface area contributed by atoms with Crippen LogP contribution < -0.4 is 10.6 Å². The van der Waals surface area contributed by atoms with E-state index in [1.54, 1.807) is 12.1 Å². The fourth-order valence-corrected chi connectivity index (χ4v) is 3.29. The van der Waals surface area contributed by atoms with Gasteiger partial charge in [0.1, 0.15) is 23.7 Å². The summed E-state index contributed by atoms with van der Waals surface area (Å²) in [5, 5.41) is 4.98. The van der Waals surface area contributed by atoms with Gasteiger partial charge in [0.15, 0.2) is 0 Å². The number of halogens is 2. The van der Waals surface area contributed by atoms with E-state index < -0.39 is 41.6 Å². The Bertz CT molecular complexity index is 972. The molecule has 2 N–H and O–H groups in total. The number of rotatable bonds is 4. The monoisotopic (exact) mass is 387 g/mol. The van der Waals surface area contributed by atoms with E-state index in [2.05, 4.69) is 10.6 Å². The third-order valence-electron chi connectivity index (χ3n) is 4.55. The number of aryl methyl sites for hydroxylation is 2. The summed E-state index contributed by atoms with van der Waals surface area (Å²) in [6, 6.07) is 7.24. The van der Waals surface area contributed by atoms with E-state index in [-0.39, 0.29) is 5.56 Å². The number of carbonyl (C=O) groups is 3. The lowest BCUT2D eigenvalue weighted by Crippen LogP contribution is -2.42. The Morgan fingerprint density at radius 2 is 1.75 bits per heavy atom. The first kappa shape index (κ1) is 19.5. The molecule has 1 fully saturated rings. The van der Waals surface area contributed by atoms with E-state index in [1.165, 1.54) is 6.92 Å². The quantitative estimate of drug-likeness (QED) is 0.792. The summed E-state index contributed by atoms with van der Waals surface area (Å²) in [6.07, 6.45) is 0. The summed E-state index contributed by atoms with van der Waals surface area (Å²) >= 11 is 0. The SMILES string of the molecule is Cc1cc(C)cc(NC(=O)CN2C(=O)N[C@@](C)(c3cc(F)ccc3F)C2=O)c1. The van der Waals surface area contributed by atoms with Crippen LogP contribution >= 0.6 is 0 Å². The summed E-state index contributed by atoms with van der Waals surface area (Å²) < 4.78 is 27.7. The van der Waals surface area contributed by atoms with Gasteiger partial charge in [-0.3, -0.25) is 14.5 Å². The molecule has 28 heavy (non-hydrogen) atoms. The Labute approximate surface area is 160 Å². The molecule has 6 nitrogen and oxygen atoms in total.